The van der Waals surface area contributed by atoms with E-state index in [0.29, 0.717) is 0 Å². The Morgan fingerprint density at radius 3 is 2.78 bits per heavy atom. The van der Waals surface area contributed by atoms with Crippen LogP contribution in [0.2, 0.25) is 0 Å². The third-order valence-electron chi connectivity index (χ3n) is 3.81. The van der Waals surface area contributed by atoms with Crippen LogP contribution in [0.4, 0.5) is 5.95 Å². The number of anilines is 1. The molecule has 4 nitrogen and oxygen atoms in total. The molecule has 1 aromatic heterocycles. The van der Waals surface area contributed by atoms with Crippen LogP contribution >= 0.6 is 0 Å². The fraction of sp³-hybridized carbons (Fsp3) is 0.500. The van der Waals surface area contributed by atoms with Gasteiger partial charge in [0, 0.05) is 32.2 Å². The first kappa shape index (κ1) is 11.5. The summed E-state index contributed by atoms with van der Waals surface area (Å²) in [4.78, 5) is 7.20. The molecule has 1 aromatic carbocycles. The molecule has 0 amide bonds. The SMILES string of the molecule is Cn1c(N2CCNCC2(C)C)nc2ccccc21. The molecular formula is C14H20N4. The van der Waals surface area contributed by atoms with E-state index < -0.39 is 0 Å². The van der Waals surface area contributed by atoms with Gasteiger partial charge in [0.25, 0.3) is 0 Å². The highest BCUT2D eigenvalue weighted by Gasteiger charge is 2.32. The van der Waals surface area contributed by atoms with Crippen LogP contribution < -0.4 is 10.2 Å². The summed E-state index contributed by atoms with van der Waals surface area (Å²) in [6, 6.07) is 8.31. The molecule has 1 saturated heterocycles. The van der Waals surface area contributed by atoms with Crippen molar-refractivity contribution >= 4 is 17.0 Å². The number of rotatable bonds is 1. The zero-order chi connectivity index (χ0) is 12.8. The van der Waals surface area contributed by atoms with Gasteiger partial charge in [-0.15, -0.1) is 0 Å². The maximum absolute atomic E-state index is 4.79. The summed E-state index contributed by atoms with van der Waals surface area (Å²) >= 11 is 0. The average molecular weight is 244 g/mol. The quantitative estimate of drug-likeness (QED) is 0.830. The van der Waals surface area contributed by atoms with E-state index in [2.05, 4.69) is 53.9 Å². The Bertz CT molecular complexity index is 570. The molecule has 1 aliphatic heterocycles. The van der Waals surface area contributed by atoms with E-state index in [1.54, 1.807) is 0 Å². The van der Waals surface area contributed by atoms with Gasteiger partial charge in [-0.25, -0.2) is 4.98 Å². The lowest BCUT2D eigenvalue weighted by Crippen LogP contribution is -2.58. The normalized spacial score (nSPS) is 19.4. The van der Waals surface area contributed by atoms with Crippen molar-refractivity contribution in [3.8, 4) is 0 Å². The van der Waals surface area contributed by atoms with E-state index in [1.165, 1.54) is 5.52 Å². The van der Waals surface area contributed by atoms with Crippen LogP contribution in [0, 0.1) is 0 Å². The fourth-order valence-corrected chi connectivity index (χ4v) is 2.73. The van der Waals surface area contributed by atoms with Crippen molar-refractivity contribution in [3.05, 3.63) is 24.3 Å². The Morgan fingerprint density at radius 2 is 2.06 bits per heavy atom. The largest absolute Gasteiger partial charge is 0.335 e. The third kappa shape index (κ3) is 1.68. The lowest BCUT2D eigenvalue weighted by Gasteiger charge is -2.43. The Morgan fingerprint density at radius 1 is 1.28 bits per heavy atom. The summed E-state index contributed by atoms with van der Waals surface area (Å²) < 4.78 is 2.20. The van der Waals surface area contributed by atoms with E-state index in [0.717, 1.165) is 31.1 Å². The van der Waals surface area contributed by atoms with Gasteiger partial charge in [-0.3, -0.25) is 0 Å². The summed E-state index contributed by atoms with van der Waals surface area (Å²) in [5, 5.41) is 3.45. The molecule has 2 heterocycles. The van der Waals surface area contributed by atoms with Crippen LogP contribution in [-0.4, -0.2) is 34.7 Å². The first-order valence-corrected chi connectivity index (χ1v) is 6.49. The summed E-state index contributed by atoms with van der Waals surface area (Å²) in [6.07, 6.45) is 0. The van der Waals surface area contributed by atoms with E-state index in [-0.39, 0.29) is 5.54 Å². The van der Waals surface area contributed by atoms with Gasteiger partial charge in [0.2, 0.25) is 5.95 Å². The van der Waals surface area contributed by atoms with Crippen molar-refractivity contribution in [3.63, 3.8) is 0 Å². The Kier molecular flexibility index (Phi) is 2.55. The van der Waals surface area contributed by atoms with Crippen LogP contribution in [0.25, 0.3) is 11.0 Å². The molecule has 1 N–H and O–H groups in total. The van der Waals surface area contributed by atoms with Crippen molar-refractivity contribution in [2.75, 3.05) is 24.5 Å². The topological polar surface area (TPSA) is 33.1 Å². The van der Waals surface area contributed by atoms with Crippen LogP contribution in [-0.2, 0) is 7.05 Å². The third-order valence-corrected chi connectivity index (χ3v) is 3.81. The van der Waals surface area contributed by atoms with E-state index in [9.17, 15) is 0 Å². The Balaban J connectivity index is 2.11. The lowest BCUT2D eigenvalue weighted by molar-refractivity contribution is 0.373. The van der Waals surface area contributed by atoms with Crippen LogP contribution in [0.1, 0.15) is 13.8 Å². The number of benzene rings is 1. The molecule has 0 saturated carbocycles. The first-order chi connectivity index (χ1) is 8.59. The first-order valence-electron chi connectivity index (χ1n) is 6.49. The highest BCUT2D eigenvalue weighted by Crippen LogP contribution is 2.27. The molecule has 1 aliphatic rings. The minimum absolute atomic E-state index is 0.105. The van der Waals surface area contributed by atoms with Gasteiger partial charge in [0.05, 0.1) is 11.0 Å². The number of para-hydroxylation sites is 2. The van der Waals surface area contributed by atoms with Crippen LogP contribution in [0.5, 0.6) is 0 Å². The van der Waals surface area contributed by atoms with Gasteiger partial charge in [-0.05, 0) is 26.0 Å². The minimum Gasteiger partial charge on any atom is -0.335 e. The predicted octanol–water partition coefficient (Wildman–Crippen LogP) is 1.76. The van der Waals surface area contributed by atoms with Gasteiger partial charge in [-0.2, -0.15) is 0 Å². The van der Waals surface area contributed by atoms with Crippen molar-refractivity contribution in [2.24, 2.45) is 7.05 Å². The summed E-state index contributed by atoms with van der Waals surface area (Å²) in [7, 11) is 2.10. The van der Waals surface area contributed by atoms with Crippen LogP contribution in [0.15, 0.2) is 24.3 Å². The van der Waals surface area contributed by atoms with E-state index >= 15 is 0 Å². The number of hydrogen-bond donors (Lipinski definition) is 1. The smallest absolute Gasteiger partial charge is 0.206 e. The molecule has 0 unspecified atom stereocenters. The number of nitrogens with zero attached hydrogens (tertiary/aromatic N) is 3. The molecule has 4 heteroatoms. The van der Waals surface area contributed by atoms with Gasteiger partial charge in [0.1, 0.15) is 0 Å². The molecule has 0 aliphatic carbocycles. The van der Waals surface area contributed by atoms with E-state index in [1.807, 2.05) is 6.07 Å². The molecule has 0 bridgehead atoms. The van der Waals surface area contributed by atoms with Crippen molar-refractivity contribution in [1.29, 1.82) is 0 Å². The Hall–Kier alpha value is -1.55. The average Bonchev–Trinajstić information content (AvgIpc) is 2.67. The predicted molar refractivity (Wildman–Crippen MR) is 75.0 cm³/mol. The second-order valence-electron chi connectivity index (χ2n) is 5.60. The van der Waals surface area contributed by atoms with Crippen molar-refractivity contribution < 1.29 is 0 Å². The van der Waals surface area contributed by atoms with Gasteiger partial charge >= 0.3 is 0 Å². The number of aromatic nitrogens is 2. The number of nitrogens with one attached hydrogen (secondary N) is 1. The maximum Gasteiger partial charge on any atom is 0.206 e. The summed E-state index contributed by atoms with van der Waals surface area (Å²) in [5.41, 5.74) is 2.37. The number of imidazole rings is 1. The zero-order valence-corrected chi connectivity index (χ0v) is 11.3. The Labute approximate surface area is 108 Å². The van der Waals surface area contributed by atoms with E-state index in [4.69, 9.17) is 4.98 Å². The lowest BCUT2D eigenvalue weighted by atomic mass is 10.0. The minimum atomic E-state index is 0.105. The summed E-state index contributed by atoms with van der Waals surface area (Å²) in [5.74, 6) is 1.07. The highest BCUT2D eigenvalue weighted by molar-refractivity contribution is 5.78. The molecule has 0 atom stereocenters. The number of aryl methyl sites for hydroxylation is 1. The van der Waals surface area contributed by atoms with Crippen molar-refractivity contribution in [2.45, 2.75) is 19.4 Å². The maximum atomic E-state index is 4.79. The standard InChI is InChI=1S/C14H20N4/c1-14(2)10-15-8-9-18(14)13-16-11-6-4-5-7-12(11)17(13)3/h4-7,15H,8-10H2,1-3H3. The van der Waals surface area contributed by atoms with Gasteiger partial charge in [-0.1, -0.05) is 12.1 Å². The summed E-state index contributed by atoms with van der Waals surface area (Å²) in [6.45, 7) is 7.55. The molecule has 96 valence electrons. The second-order valence-corrected chi connectivity index (χ2v) is 5.60. The molecule has 1 fully saturated rings. The van der Waals surface area contributed by atoms with Crippen LogP contribution in [0.3, 0.4) is 0 Å². The molecule has 0 spiro atoms. The van der Waals surface area contributed by atoms with Gasteiger partial charge in [0.15, 0.2) is 0 Å². The molecule has 0 radical (unpaired) electrons. The fourth-order valence-electron chi connectivity index (χ4n) is 2.73. The molecular weight excluding hydrogens is 224 g/mol. The second kappa shape index (κ2) is 3.99. The molecule has 2 aromatic rings. The highest BCUT2D eigenvalue weighted by atomic mass is 15.4. The number of hydrogen-bond acceptors (Lipinski definition) is 3. The van der Waals surface area contributed by atoms with Gasteiger partial charge < -0.3 is 14.8 Å². The number of piperazine rings is 1. The van der Waals surface area contributed by atoms with Crippen molar-refractivity contribution in [1.82, 2.24) is 14.9 Å². The molecule has 18 heavy (non-hydrogen) atoms. The zero-order valence-electron chi connectivity index (χ0n) is 11.3. The molecule has 3 rings (SSSR count). The monoisotopic (exact) mass is 244 g/mol. The number of fused-ring (bicyclic) bond motifs is 1.